The van der Waals surface area contributed by atoms with Crippen LogP contribution in [0.15, 0.2) is 18.2 Å². The fourth-order valence-electron chi connectivity index (χ4n) is 3.05. The summed E-state index contributed by atoms with van der Waals surface area (Å²) < 4.78 is 27.6. The maximum Gasteiger partial charge on any atom is 0.131 e. The van der Waals surface area contributed by atoms with Gasteiger partial charge >= 0.3 is 0 Å². The predicted octanol–water partition coefficient (Wildman–Crippen LogP) is 3.97. The Labute approximate surface area is 107 Å². The zero-order valence-corrected chi connectivity index (χ0v) is 11.0. The molecule has 1 fully saturated rings. The van der Waals surface area contributed by atoms with Gasteiger partial charge < -0.3 is 5.73 Å². The van der Waals surface area contributed by atoms with E-state index in [1.807, 2.05) is 0 Å². The van der Waals surface area contributed by atoms with Gasteiger partial charge in [-0.05, 0) is 49.7 Å². The Morgan fingerprint density at radius 3 is 2.11 bits per heavy atom. The number of benzene rings is 1. The van der Waals surface area contributed by atoms with Crippen molar-refractivity contribution in [2.24, 2.45) is 17.6 Å². The van der Waals surface area contributed by atoms with E-state index in [1.54, 1.807) is 0 Å². The Morgan fingerprint density at radius 1 is 1.17 bits per heavy atom. The fraction of sp³-hybridized carbons (Fsp3) is 0.600. The average Bonchev–Trinajstić information content (AvgIpc) is 2.29. The van der Waals surface area contributed by atoms with Crippen molar-refractivity contribution in [1.29, 1.82) is 0 Å². The Morgan fingerprint density at radius 2 is 1.67 bits per heavy atom. The van der Waals surface area contributed by atoms with Crippen LogP contribution in [0, 0.1) is 23.5 Å². The van der Waals surface area contributed by atoms with Crippen molar-refractivity contribution in [3.63, 3.8) is 0 Å². The zero-order valence-electron chi connectivity index (χ0n) is 11.0. The first-order chi connectivity index (χ1) is 8.44. The van der Waals surface area contributed by atoms with Crippen LogP contribution in [0.2, 0.25) is 0 Å². The molecule has 1 saturated carbocycles. The van der Waals surface area contributed by atoms with Gasteiger partial charge in [0.1, 0.15) is 11.6 Å². The molecule has 0 bridgehead atoms. The standard InChI is InChI=1S/C15H21F2N/c1-10(2)11-6-8-15(18,9-7-11)14-12(16)4-3-5-13(14)17/h3-5,10-11H,6-9,18H2,1-2H3. The smallest absolute Gasteiger partial charge is 0.131 e. The lowest BCUT2D eigenvalue weighted by Crippen LogP contribution is -2.42. The van der Waals surface area contributed by atoms with Crippen LogP contribution in [0.3, 0.4) is 0 Å². The Kier molecular flexibility index (Phi) is 3.71. The lowest BCUT2D eigenvalue weighted by molar-refractivity contribution is 0.188. The second-order valence-corrected chi connectivity index (χ2v) is 5.83. The molecule has 0 amide bonds. The summed E-state index contributed by atoms with van der Waals surface area (Å²) in [6.45, 7) is 4.38. The van der Waals surface area contributed by atoms with Crippen molar-refractivity contribution in [2.75, 3.05) is 0 Å². The second-order valence-electron chi connectivity index (χ2n) is 5.83. The topological polar surface area (TPSA) is 26.0 Å². The SMILES string of the molecule is CC(C)C1CCC(N)(c2c(F)cccc2F)CC1. The third-order valence-electron chi connectivity index (χ3n) is 4.33. The fourth-order valence-corrected chi connectivity index (χ4v) is 3.05. The largest absolute Gasteiger partial charge is 0.321 e. The van der Waals surface area contributed by atoms with E-state index in [2.05, 4.69) is 13.8 Å². The van der Waals surface area contributed by atoms with E-state index < -0.39 is 17.2 Å². The minimum atomic E-state index is -0.833. The molecule has 0 unspecified atom stereocenters. The number of hydrogen-bond donors (Lipinski definition) is 1. The molecule has 1 aliphatic rings. The minimum Gasteiger partial charge on any atom is -0.321 e. The van der Waals surface area contributed by atoms with Gasteiger partial charge in [-0.15, -0.1) is 0 Å². The quantitative estimate of drug-likeness (QED) is 0.848. The highest BCUT2D eigenvalue weighted by Crippen LogP contribution is 2.41. The normalized spacial score (nSPS) is 28.7. The van der Waals surface area contributed by atoms with Crippen molar-refractivity contribution >= 4 is 0 Å². The van der Waals surface area contributed by atoms with Gasteiger partial charge in [0, 0.05) is 11.1 Å². The van der Waals surface area contributed by atoms with E-state index in [0.717, 1.165) is 12.8 Å². The molecule has 100 valence electrons. The first-order valence-corrected chi connectivity index (χ1v) is 6.67. The zero-order chi connectivity index (χ0) is 13.3. The lowest BCUT2D eigenvalue weighted by Gasteiger charge is -2.39. The van der Waals surface area contributed by atoms with E-state index >= 15 is 0 Å². The number of nitrogens with two attached hydrogens (primary N) is 1. The maximum atomic E-state index is 13.8. The Balaban J connectivity index is 2.24. The van der Waals surface area contributed by atoms with Crippen LogP contribution in [-0.2, 0) is 5.54 Å². The van der Waals surface area contributed by atoms with E-state index in [-0.39, 0.29) is 5.56 Å². The number of halogens is 2. The first kappa shape index (κ1) is 13.5. The molecule has 0 spiro atoms. The van der Waals surface area contributed by atoms with Gasteiger partial charge in [0.15, 0.2) is 0 Å². The van der Waals surface area contributed by atoms with Gasteiger partial charge in [-0.25, -0.2) is 8.78 Å². The van der Waals surface area contributed by atoms with Gasteiger partial charge in [0.2, 0.25) is 0 Å². The average molecular weight is 253 g/mol. The van der Waals surface area contributed by atoms with Crippen LogP contribution in [0.1, 0.15) is 45.1 Å². The van der Waals surface area contributed by atoms with Crippen molar-refractivity contribution in [1.82, 2.24) is 0 Å². The van der Waals surface area contributed by atoms with Crippen LogP contribution in [0.4, 0.5) is 8.78 Å². The second kappa shape index (κ2) is 4.96. The molecular formula is C15H21F2N. The summed E-state index contributed by atoms with van der Waals surface area (Å²) in [6, 6.07) is 3.97. The van der Waals surface area contributed by atoms with Crippen LogP contribution < -0.4 is 5.73 Å². The van der Waals surface area contributed by atoms with Crippen molar-refractivity contribution in [3.8, 4) is 0 Å². The van der Waals surface area contributed by atoms with E-state index in [1.165, 1.54) is 18.2 Å². The summed E-state index contributed by atoms with van der Waals surface area (Å²) in [7, 11) is 0. The van der Waals surface area contributed by atoms with Gasteiger partial charge in [-0.2, -0.15) is 0 Å². The number of rotatable bonds is 2. The molecule has 1 aromatic rings. The summed E-state index contributed by atoms with van der Waals surface area (Å²) >= 11 is 0. The van der Waals surface area contributed by atoms with E-state index in [0.29, 0.717) is 24.7 Å². The molecule has 1 aliphatic carbocycles. The van der Waals surface area contributed by atoms with Gasteiger partial charge in [0.25, 0.3) is 0 Å². The summed E-state index contributed by atoms with van der Waals surface area (Å²) in [4.78, 5) is 0. The first-order valence-electron chi connectivity index (χ1n) is 6.67. The molecule has 0 heterocycles. The van der Waals surface area contributed by atoms with Crippen LogP contribution in [0.5, 0.6) is 0 Å². The van der Waals surface area contributed by atoms with Crippen LogP contribution in [0.25, 0.3) is 0 Å². The third-order valence-corrected chi connectivity index (χ3v) is 4.33. The summed E-state index contributed by atoms with van der Waals surface area (Å²) in [6.07, 6.45) is 3.21. The molecule has 0 saturated heterocycles. The summed E-state index contributed by atoms with van der Waals surface area (Å²) in [5.74, 6) is 0.206. The van der Waals surface area contributed by atoms with E-state index in [9.17, 15) is 8.78 Å². The van der Waals surface area contributed by atoms with Crippen molar-refractivity contribution in [3.05, 3.63) is 35.4 Å². The highest BCUT2D eigenvalue weighted by atomic mass is 19.1. The van der Waals surface area contributed by atoms with Gasteiger partial charge in [-0.3, -0.25) is 0 Å². The lowest BCUT2D eigenvalue weighted by atomic mass is 9.70. The predicted molar refractivity (Wildman–Crippen MR) is 69.0 cm³/mol. The molecule has 0 aromatic heterocycles. The molecule has 0 atom stereocenters. The molecule has 18 heavy (non-hydrogen) atoms. The van der Waals surface area contributed by atoms with Gasteiger partial charge in [0.05, 0.1) is 0 Å². The molecular weight excluding hydrogens is 232 g/mol. The van der Waals surface area contributed by atoms with Crippen LogP contribution >= 0.6 is 0 Å². The van der Waals surface area contributed by atoms with Crippen molar-refractivity contribution < 1.29 is 8.78 Å². The molecule has 1 aromatic carbocycles. The summed E-state index contributed by atoms with van der Waals surface area (Å²) in [5.41, 5.74) is 5.51. The summed E-state index contributed by atoms with van der Waals surface area (Å²) in [5, 5.41) is 0. The molecule has 2 rings (SSSR count). The number of hydrogen-bond acceptors (Lipinski definition) is 1. The molecule has 0 radical (unpaired) electrons. The third kappa shape index (κ3) is 2.41. The highest BCUT2D eigenvalue weighted by Gasteiger charge is 2.37. The van der Waals surface area contributed by atoms with E-state index in [4.69, 9.17) is 5.73 Å². The molecule has 0 aliphatic heterocycles. The molecule has 3 heteroatoms. The Bertz CT molecular complexity index is 400. The maximum absolute atomic E-state index is 13.8. The molecule has 2 N–H and O–H groups in total. The van der Waals surface area contributed by atoms with Crippen molar-refractivity contribution in [2.45, 2.75) is 45.1 Å². The Hall–Kier alpha value is -0.960. The van der Waals surface area contributed by atoms with Gasteiger partial charge in [-0.1, -0.05) is 19.9 Å². The monoisotopic (exact) mass is 253 g/mol. The minimum absolute atomic E-state index is 0.0761. The highest BCUT2D eigenvalue weighted by molar-refractivity contribution is 5.28. The van der Waals surface area contributed by atoms with Crippen LogP contribution in [-0.4, -0.2) is 0 Å². The molecule has 1 nitrogen and oxygen atoms in total.